The maximum Gasteiger partial charge on any atom is 0.408 e. The largest absolute Gasteiger partial charge is 0.445 e. The Bertz CT molecular complexity index is 2760. The van der Waals surface area contributed by atoms with E-state index in [0.717, 1.165) is 0 Å². The lowest BCUT2D eigenvalue weighted by Gasteiger charge is -2.33. The van der Waals surface area contributed by atoms with Gasteiger partial charge in [0, 0.05) is 13.0 Å². The summed E-state index contributed by atoms with van der Waals surface area (Å²) in [6, 6.07) is 9.67. The molecule has 1 saturated heterocycles. The average Bonchev–Trinajstić information content (AvgIpc) is 2.97. The van der Waals surface area contributed by atoms with E-state index in [0.29, 0.717) is 11.1 Å². The van der Waals surface area contributed by atoms with E-state index >= 15 is 4.79 Å². The molecule has 3 aromatic carbocycles. The number of benzene rings is 3. The molecule has 0 aliphatic carbocycles. The van der Waals surface area contributed by atoms with E-state index < -0.39 is 151 Å². The van der Waals surface area contributed by atoms with Crippen LogP contribution in [0.1, 0.15) is 96.9 Å². The Morgan fingerprint density at radius 3 is 1.72 bits per heavy atom. The summed E-state index contributed by atoms with van der Waals surface area (Å²) in [5, 5.41) is 69.0. The first-order valence-corrected chi connectivity index (χ1v) is 28.6. The van der Waals surface area contributed by atoms with Crippen molar-refractivity contribution in [2.45, 2.75) is 154 Å². The molecule has 1 aliphatic rings. The highest BCUT2D eigenvalue weighted by Crippen LogP contribution is 2.21. The summed E-state index contributed by atoms with van der Waals surface area (Å²) < 4.78 is 5.52. The van der Waals surface area contributed by atoms with E-state index in [2.05, 4.69) is 58.5 Å². The maximum absolute atomic E-state index is 15.1. The van der Waals surface area contributed by atoms with Gasteiger partial charge in [0.1, 0.15) is 54.9 Å². The predicted octanol–water partition coefficient (Wildman–Crippen LogP) is -1.35. The highest BCUT2D eigenvalue weighted by molar-refractivity contribution is 5.99. The molecule has 0 unspecified atom stereocenters. The summed E-state index contributed by atoms with van der Waals surface area (Å²) in [6.07, 6.45) is -4.48. The third-order valence-corrected chi connectivity index (χ3v) is 14.2. The molecular weight excluding hydrogens is 1110 g/mol. The lowest BCUT2D eigenvalue weighted by atomic mass is 9.94. The van der Waals surface area contributed by atoms with Gasteiger partial charge in [0.2, 0.25) is 53.2 Å². The number of rotatable bonds is 18. The van der Waals surface area contributed by atoms with Crippen LogP contribution in [0.5, 0.6) is 0 Å². The van der Waals surface area contributed by atoms with Gasteiger partial charge in [0.15, 0.2) is 5.96 Å². The Balaban J connectivity index is 1.92. The van der Waals surface area contributed by atoms with E-state index in [1.807, 2.05) is 0 Å². The van der Waals surface area contributed by atoms with Crippen molar-refractivity contribution in [3.05, 3.63) is 108 Å². The van der Waals surface area contributed by atoms with Crippen LogP contribution in [0.25, 0.3) is 0 Å². The van der Waals surface area contributed by atoms with Crippen LogP contribution in [0.15, 0.2) is 91.0 Å². The molecule has 0 aromatic heterocycles. The van der Waals surface area contributed by atoms with Crippen LogP contribution in [0.2, 0.25) is 0 Å². The van der Waals surface area contributed by atoms with Crippen LogP contribution in [-0.4, -0.2) is 161 Å². The SMILES string of the molecule is CC[C@H](C)[C@@H]1NC(=O)[C@@H](CCCNC(=N)N)NC(=O)[C@H](CC(C)C)NC(=O)[C@H]([C@H](O)C(C)C)NC(=O)[C@@H](NC(=O)OCc2ccccc2)[C@@H](c2ccccc2)NC(=O)[C@H](CO)NC(=O)[C@H](Cc2ccccc2)NC(=O)CNC(=O)[C@H]([C@H](C)O)NC1=O. The molecule has 470 valence electrons. The Morgan fingerprint density at radius 2 is 1.15 bits per heavy atom. The van der Waals surface area contributed by atoms with Crippen LogP contribution in [0, 0.1) is 23.2 Å². The molecule has 10 amide bonds. The number of nitrogens with two attached hydrogens (primary N) is 1. The number of ether oxygens (including phenoxy) is 1. The molecule has 86 heavy (non-hydrogen) atoms. The van der Waals surface area contributed by atoms with Crippen molar-refractivity contribution in [1.82, 2.24) is 58.5 Å². The molecule has 12 atom stereocenters. The Morgan fingerprint density at radius 1 is 0.628 bits per heavy atom. The monoisotopic (exact) mass is 1200 g/mol. The van der Waals surface area contributed by atoms with Crippen LogP contribution in [0.3, 0.4) is 0 Å². The topological polar surface area (TPSA) is 423 Å². The van der Waals surface area contributed by atoms with Gasteiger partial charge in [-0.3, -0.25) is 48.6 Å². The van der Waals surface area contributed by atoms with Crippen molar-refractivity contribution < 1.29 is 68.0 Å². The van der Waals surface area contributed by atoms with Gasteiger partial charge in [0.25, 0.3) is 0 Å². The summed E-state index contributed by atoms with van der Waals surface area (Å²) >= 11 is 0. The first-order chi connectivity index (χ1) is 40.8. The van der Waals surface area contributed by atoms with Crippen LogP contribution in [0.4, 0.5) is 4.79 Å². The molecule has 1 aliphatic heterocycles. The lowest BCUT2D eigenvalue weighted by Crippen LogP contribution is -2.64. The average molecular weight is 1200 g/mol. The number of amides is 10. The van der Waals surface area contributed by atoms with Crippen LogP contribution < -0.4 is 64.2 Å². The highest BCUT2D eigenvalue weighted by atomic mass is 16.5. The number of guanidine groups is 1. The summed E-state index contributed by atoms with van der Waals surface area (Å²) in [5.41, 5.74) is 6.75. The van der Waals surface area contributed by atoms with Crippen molar-refractivity contribution >= 4 is 65.2 Å². The van der Waals surface area contributed by atoms with Crippen molar-refractivity contribution in [3.8, 4) is 0 Å². The zero-order chi connectivity index (χ0) is 63.6. The molecule has 0 bridgehead atoms. The van der Waals surface area contributed by atoms with Gasteiger partial charge >= 0.3 is 6.09 Å². The minimum Gasteiger partial charge on any atom is -0.445 e. The number of aliphatic hydroxyl groups excluding tert-OH is 3. The normalized spacial score (nSPS) is 24.0. The molecule has 27 nitrogen and oxygen atoms in total. The van der Waals surface area contributed by atoms with Gasteiger partial charge < -0.3 is 84.3 Å². The lowest BCUT2D eigenvalue weighted by molar-refractivity contribution is -0.138. The molecule has 3 aromatic rings. The minimum absolute atomic E-state index is 0.0619. The fourth-order valence-corrected chi connectivity index (χ4v) is 9.09. The van der Waals surface area contributed by atoms with Gasteiger partial charge in [-0.25, -0.2) is 4.79 Å². The fraction of sp³-hybridized carbons (Fsp3) is 0.508. The second-order valence-electron chi connectivity index (χ2n) is 21.9. The summed E-state index contributed by atoms with van der Waals surface area (Å²) in [7, 11) is 0. The first kappa shape index (κ1) is 69.8. The summed E-state index contributed by atoms with van der Waals surface area (Å²) in [5.74, 6) is -11.3. The Kier molecular flexibility index (Phi) is 28.4. The summed E-state index contributed by atoms with van der Waals surface area (Å²) in [6.45, 7) is 9.00. The maximum atomic E-state index is 15.1. The van der Waals surface area contributed by atoms with Crippen LogP contribution >= 0.6 is 0 Å². The van der Waals surface area contributed by atoms with Crippen molar-refractivity contribution in [1.29, 1.82) is 5.41 Å². The van der Waals surface area contributed by atoms with Gasteiger partial charge in [0.05, 0.1) is 31.4 Å². The highest BCUT2D eigenvalue weighted by Gasteiger charge is 2.41. The number of carbonyl (C=O) groups is 10. The van der Waals surface area contributed by atoms with Gasteiger partial charge in [-0.15, -0.1) is 0 Å². The summed E-state index contributed by atoms with van der Waals surface area (Å²) in [4.78, 5) is 143. The van der Waals surface area contributed by atoms with Crippen molar-refractivity contribution in [3.63, 3.8) is 0 Å². The number of hydrogen-bond acceptors (Lipinski definition) is 15. The number of alkyl carbamates (subject to hydrolysis) is 1. The standard InChI is InChI=1S/C59H85N13O14/c1-8-34(6)44-55(82)69-45(35(7)74)54(81)63-29-43(75)64-41(28-36-19-12-9-13-20-36)52(79)67-42(30-73)53(80)70-46(38-23-16-11-17-24-38)47(72-59(85)86-31-37-21-14-10-15-22-37)56(83)71-48(49(76)33(4)5)57(84)66-40(27-32(2)3)51(78)65-39(50(77)68-44)25-18-26-62-58(60)61/h9-17,19-24,32-35,39-42,44-49,73-74,76H,8,18,25-31H2,1-7H3,(H,63,81)(H,64,75)(H,65,78)(H,66,84)(H,67,79)(H,68,77)(H,69,82)(H,70,80)(H,71,83)(H,72,85)(H4,60,61,62)/t34-,35-,39+,40-,41-,42-,44-,45-,46+,47-,48-,49+/m0/s1. The van der Waals surface area contributed by atoms with Gasteiger partial charge in [-0.2, -0.15) is 0 Å². The van der Waals surface area contributed by atoms with E-state index in [4.69, 9.17) is 15.9 Å². The molecular formula is C59H85N13O14. The third-order valence-electron chi connectivity index (χ3n) is 14.2. The molecule has 0 radical (unpaired) electrons. The third kappa shape index (κ3) is 22.4. The second-order valence-corrected chi connectivity index (χ2v) is 21.9. The smallest absolute Gasteiger partial charge is 0.408 e. The van der Waals surface area contributed by atoms with E-state index in [-0.39, 0.29) is 62.7 Å². The number of carbonyl (C=O) groups excluding carboxylic acids is 10. The van der Waals surface area contributed by atoms with Gasteiger partial charge in [-0.1, -0.05) is 139 Å². The van der Waals surface area contributed by atoms with Crippen molar-refractivity contribution in [2.75, 3.05) is 19.7 Å². The predicted molar refractivity (Wildman–Crippen MR) is 315 cm³/mol. The van der Waals surface area contributed by atoms with E-state index in [1.54, 1.807) is 120 Å². The Hall–Kier alpha value is -8.69. The Labute approximate surface area is 500 Å². The molecule has 27 heteroatoms. The van der Waals surface area contributed by atoms with Gasteiger partial charge in [-0.05, 0) is 60.6 Å². The molecule has 17 N–H and O–H groups in total. The molecule has 1 heterocycles. The molecule has 1 fully saturated rings. The minimum atomic E-state index is -1.94. The number of aliphatic hydroxyl groups is 3. The molecule has 4 rings (SSSR count). The number of nitrogens with one attached hydrogen (secondary N) is 12. The molecule has 0 spiro atoms. The number of hydrogen-bond donors (Lipinski definition) is 16. The van der Waals surface area contributed by atoms with E-state index in [1.165, 1.54) is 19.1 Å². The zero-order valence-electron chi connectivity index (χ0n) is 49.5. The second kappa shape index (κ2) is 34.9. The first-order valence-electron chi connectivity index (χ1n) is 28.6. The fourth-order valence-electron chi connectivity index (χ4n) is 9.09. The zero-order valence-corrected chi connectivity index (χ0v) is 49.5. The van der Waals surface area contributed by atoms with Crippen LogP contribution in [-0.2, 0) is 60.9 Å². The van der Waals surface area contributed by atoms with Crippen molar-refractivity contribution in [2.24, 2.45) is 23.5 Å². The quantitative estimate of drug-likeness (QED) is 0.0398. The van der Waals surface area contributed by atoms with E-state index in [9.17, 15) is 58.5 Å². The molecule has 0 saturated carbocycles.